The second-order valence-corrected chi connectivity index (χ2v) is 6.05. The first-order valence-corrected chi connectivity index (χ1v) is 8.06. The molecule has 148 valence electrons. The second kappa shape index (κ2) is 7.26. The van der Waals surface area contributed by atoms with Crippen molar-refractivity contribution in [3.63, 3.8) is 0 Å². The lowest BCUT2D eigenvalue weighted by Gasteiger charge is -2.26. The number of ether oxygens (including phenoxy) is 1. The van der Waals surface area contributed by atoms with Crippen molar-refractivity contribution in [2.24, 2.45) is 4.99 Å². The standard InChI is InChI=1S/C16H10ClF3N8O/c17-8-3-6(1-2-9(8)29-16(18,19)20)12-10-11(23)7(4-21)13(24)27-14(10)28-15(26-12)25-5-22/h1-3,12H,(H6,23,24,25,26,27,28). The largest absolute Gasteiger partial charge is 0.573 e. The second-order valence-electron chi connectivity index (χ2n) is 5.64. The highest BCUT2D eigenvalue weighted by molar-refractivity contribution is 6.32. The number of fused-ring (bicyclic) bond motifs is 1. The van der Waals surface area contributed by atoms with E-state index in [-0.39, 0.29) is 39.4 Å². The van der Waals surface area contributed by atoms with Crippen molar-refractivity contribution in [3.8, 4) is 18.0 Å². The zero-order valence-electron chi connectivity index (χ0n) is 14.2. The highest BCUT2D eigenvalue weighted by atomic mass is 35.5. The van der Waals surface area contributed by atoms with E-state index in [2.05, 4.69) is 25.3 Å². The van der Waals surface area contributed by atoms with E-state index in [1.165, 1.54) is 12.1 Å². The van der Waals surface area contributed by atoms with Gasteiger partial charge in [-0.25, -0.2) is 9.98 Å². The van der Waals surface area contributed by atoms with E-state index in [0.29, 0.717) is 5.56 Å². The Labute approximate surface area is 166 Å². The molecule has 0 radical (unpaired) electrons. The van der Waals surface area contributed by atoms with E-state index < -0.39 is 18.2 Å². The van der Waals surface area contributed by atoms with E-state index >= 15 is 0 Å². The molecule has 0 spiro atoms. The number of alkyl halides is 3. The topological polar surface area (TPSA) is 158 Å². The van der Waals surface area contributed by atoms with Crippen molar-refractivity contribution < 1.29 is 17.9 Å². The van der Waals surface area contributed by atoms with Crippen molar-refractivity contribution in [1.29, 1.82) is 10.5 Å². The number of rotatable bonds is 2. The third-order valence-corrected chi connectivity index (χ3v) is 4.15. The van der Waals surface area contributed by atoms with Crippen LogP contribution in [0.2, 0.25) is 5.02 Å². The third kappa shape index (κ3) is 3.88. The molecule has 0 saturated carbocycles. The van der Waals surface area contributed by atoms with E-state index in [1.807, 2.05) is 6.07 Å². The molecule has 13 heteroatoms. The molecule has 1 atom stereocenters. The van der Waals surface area contributed by atoms with Crippen molar-refractivity contribution in [2.75, 3.05) is 16.8 Å². The van der Waals surface area contributed by atoms with Gasteiger partial charge in [0, 0.05) is 5.56 Å². The van der Waals surface area contributed by atoms with Crippen molar-refractivity contribution >= 4 is 34.9 Å². The van der Waals surface area contributed by atoms with Crippen LogP contribution in [0.4, 0.5) is 30.5 Å². The maximum absolute atomic E-state index is 12.5. The first-order chi connectivity index (χ1) is 13.6. The van der Waals surface area contributed by atoms with E-state index in [0.717, 1.165) is 6.07 Å². The van der Waals surface area contributed by atoms with Crippen LogP contribution in [0.15, 0.2) is 23.2 Å². The number of aliphatic imine (C=N–C) groups is 1. The number of guanidine groups is 1. The number of aromatic nitrogens is 1. The highest BCUT2D eigenvalue weighted by Crippen LogP contribution is 2.42. The molecule has 1 aromatic carbocycles. The van der Waals surface area contributed by atoms with Gasteiger partial charge in [-0.2, -0.15) is 10.5 Å². The molecule has 1 aromatic heterocycles. The molecule has 0 amide bonds. The lowest BCUT2D eigenvalue weighted by molar-refractivity contribution is -0.274. The van der Waals surface area contributed by atoms with Crippen LogP contribution in [0, 0.1) is 22.8 Å². The minimum Gasteiger partial charge on any atom is -0.404 e. The SMILES string of the molecule is N#CNC1=NC(c2ccc(OC(F)(F)F)c(Cl)c2)c2c(nc(N)c(C#N)c2N)N1. The number of nitrogens with one attached hydrogen (secondary N) is 2. The average Bonchev–Trinajstić information content (AvgIpc) is 2.62. The van der Waals surface area contributed by atoms with Crippen molar-refractivity contribution in [2.45, 2.75) is 12.4 Å². The minimum absolute atomic E-state index is 0.00671. The molecule has 1 aliphatic heterocycles. The first-order valence-electron chi connectivity index (χ1n) is 7.68. The smallest absolute Gasteiger partial charge is 0.404 e. The van der Waals surface area contributed by atoms with Gasteiger partial charge < -0.3 is 21.5 Å². The van der Waals surface area contributed by atoms with E-state index in [1.54, 1.807) is 6.19 Å². The predicted octanol–water partition coefficient (Wildman–Crippen LogP) is 2.61. The lowest BCUT2D eigenvalue weighted by Crippen LogP contribution is -2.32. The summed E-state index contributed by atoms with van der Waals surface area (Å²) in [6, 6.07) is 4.42. The van der Waals surface area contributed by atoms with Crippen LogP contribution in [0.1, 0.15) is 22.7 Å². The number of nitrogens with two attached hydrogens (primary N) is 2. The van der Waals surface area contributed by atoms with Crippen LogP contribution in [-0.2, 0) is 0 Å². The Morgan fingerprint density at radius 3 is 2.59 bits per heavy atom. The number of nitrogens with zero attached hydrogens (tertiary/aromatic N) is 4. The number of nitriles is 2. The average molecular weight is 423 g/mol. The predicted molar refractivity (Wildman–Crippen MR) is 97.6 cm³/mol. The Hall–Kier alpha value is -3.90. The van der Waals surface area contributed by atoms with Crippen LogP contribution in [0.25, 0.3) is 0 Å². The summed E-state index contributed by atoms with van der Waals surface area (Å²) in [7, 11) is 0. The van der Waals surface area contributed by atoms with Gasteiger partial charge in [0.1, 0.15) is 35.1 Å². The highest BCUT2D eigenvalue weighted by Gasteiger charge is 2.33. The van der Waals surface area contributed by atoms with Gasteiger partial charge in [-0.1, -0.05) is 17.7 Å². The Kier molecular flexibility index (Phi) is 4.97. The molecule has 9 nitrogen and oxygen atoms in total. The van der Waals surface area contributed by atoms with Crippen molar-refractivity contribution in [1.82, 2.24) is 10.3 Å². The fraction of sp³-hybridized carbons (Fsp3) is 0.125. The van der Waals surface area contributed by atoms with Crippen molar-refractivity contribution in [3.05, 3.63) is 39.9 Å². The summed E-state index contributed by atoms with van der Waals surface area (Å²) in [5.74, 6) is -0.617. The molecule has 29 heavy (non-hydrogen) atoms. The van der Waals surface area contributed by atoms with Crippen LogP contribution < -0.4 is 26.8 Å². The summed E-state index contributed by atoms with van der Waals surface area (Å²) in [6.07, 6.45) is -3.23. The Bertz CT molecular complexity index is 1100. The molecule has 0 aliphatic carbocycles. The molecule has 0 saturated heterocycles. The number of pyridine rings is 1. The Morgan fingerprint density at radius 1 is 1.28 bits per heavy atom. The maximum atomic E-state index is 12.5. The molecule has 3 rings (SSSR count). The number of hydrogen-bond acceptors (Lipinski definition) is 9. The number of benzene rings is 1. The van der Waals surface area contributed by atoms with Gasteiger partial charge in [0.15, 0.2) is 6.19 Å². The van der Waals surface area contributed by atoms with E-state index in [9.17, 15) is 18.4 Å². The normalized spacial score (nSPS) is 15.2. The molecule has 1 aliphatic rings. The molecule has 0 bridgehead atoms. The summed E-state index contributed by atoms with van der Waals surface area (Å²) in [4.78, 5) is 8.34. The lowest BCUT2D eigenvalue weighted by atomic mass is 9.95. The molecule has 0 fully saturated rings. The zero-order valence-corrected chi connectivity index (χ0v) is 14.9. The number of hydrogen-bond donors (Lipinski definition) is 4. The Balaban J connectivity index is 2.15. The van der Waals surface area contributed by atoms with Gasteiger partial charge in [-0.05, 0) is 17.7 Å². The fourth-order valence-corrected chi connectivity index (χ4v) is 2.94. The van der Waals surface area contributed by atoms with Crippen LogP contribution in [0.3, 0.4) is 0 Å². The number of anilines is 3. The fourth-order valence-electron chi connectivity index (χ4n) is 2.72. The molecule has 1 unspecified atom stereocenters. The van der Waals surface area contributed by atoms with Gasteiger partial charge in [-0.3, -0.25) is 5.32 Å². The molecule has 2 heterocycles. The molecular weight excluding hydrogens is 413 g/mol. The molecule has 6 N–H and O–H groups in total. The van der Waals surface area contributed by atoms with Gasteiger partial charge in [0.25, 0.3) is 0 Å². The summed E-state index contributed by atoms with van der Waals surface area (Å²) < 4.78 is 41.2. The quantitative estimate of drug-likeness (QED) is 0.424. The molecule has 2 aromatic rings. The van der Waals surface area contributed by atoms with Gasteiger partial charge >= 0.3 is 6.36 Å². The maximum Gasteiger partial charge on any atom is 0.573 e. The first kappa shape index (κ1) is 19.9. The summed E-state index contributed by atoms with van der Waals surface area (Å²) in [6.45, 7) is 0. The number of nitrogen functional groups attached to an aromatic ring is 2. The minimum atomic E-state index is -4.91. The van der Waals surface area contributed by atoms with Gasteiger partial charge in [-0.15, -0.1) is 13.2 Å². The van der Waals surface area contributed by atoms with Gasteiger partial charge in [0.2, 0.25) is 5.96 Å². The summed E-state index contributed by atoms with van der Waals surface area (Å²) >= 11 is 5.93. The van der Waals surface area contributed by atoms with Gasteiger partial charge in [0.05, 0.1) is 10.7 Å². The zero-order chi connectivity index (χ0) is 21.3. The summed E-state index contributed by atoms with van der Waals surface area (Å²) in [5, 5.41) is 22.8. The number of halogens is 4. The van der Waals surface area contributed by atoms with Crippen LogP contribution in [-0.4, -0.2) is 17.3 Å². The van der Waals surface area contributed by atoms with Crippen LogP contribution in [0.5, 0.6) is 5.75 Å². The van der Waals surface area contributed by atoms with E-state index in [4.69, 9.17) is 28.3 Å². The Morgan fingerprint density at radius 2 is 2.00 bits per heavy atom. The monoisotopic (exact) mass is 422 g/mol. The summed E-state index contributed by atoms with van der Waals surface area (Å²) in [5.41, 5.74) is 12.3. The van der Waals surface area contributed by atoms with Crippen LogP contribution >= 0.6 is 11.6 Å². The molecular formula is C16H10ClF3N8O. The third-order valence-electron chi connectivity index (χ3n) is 3.85.